The fourth-order valence-corrected chi connectivity index (χ4v) is 3.57. The Kier molecular flexibility index (Phi) is 4.66. The first-order valence-corrected chi connectivity index (χ1v) is 9.20. The van der Waals surface area contributed by atoms with Crippen molar-refractivity contribution in [3.8, 4) is 17.0 Å². The van der Waals surface area contributed by atoms with Crippen LogP contribution in [0.1, 0.15) is 0 Å². The van der Waals surface area contributed by atoms with Crippen LogP contribution in [0, 0.1) is 0 Å². The van der Waals surface area contributed by atoms with Gasteiger partial charge in [0.05, 0.1) is 12.8 Å². The lowest BCUT2D eigenvalue weighted by Crippen LogP contribution is -2.20. The number of carbonyl (C=O) groups excluding carboxylic acids is 1. The molecular weight excluding hydrogens is 386 g/mol. The number of nitrogens with one attached hydrogen (secondary N) is 2. The number of benzene rings is 2. The third-order valence-electron chi connectivity index (χ3n) is 3.75. The molecular formula is C18H14ClN5O2S. The molecule has 136 valence electrons. The minimum Gasteiger partial charge on any atom is -0.497 e. The summed E-state index contributed by atoms with van der Waals surface area (Å²) in [5.41, 5.74) is 2.39. The first-order chi connectivity index (χ1) is 13.1. The van der Waals surface area contributed by atoms with Crippen molar-refractivity contribution in [2.45, 2.75) is 0 Å². The summed E-state index contributed by atoms with van der Waals surface area (Å²) < 4.78 is 6.96. The van der Waals surface area contributed by atoms with Gasteiger partial charge in [-0.15, -0.1) is 16.4 Å². The zero-order valence-corrected chi connectivity index (χ0v) is 15.7. The quantitative estimate of drug-likeness (QED) is 0.518. The average molecular weight is 400 g/mol. The van der Waals surface area contributed by atoms with Gasteiger partial charge < -0.3 is 10.1 Å². The zero-order chi connectivity index (χ0) is 18.8. The lowest BCUT2D eigenvalue weighted by molar-refractivity contribution is 0.262. The molecule has 0 saturated carbocycles. The van der Waals surface area contributed by atoms with Gasteiger partial charge in [0, 0.05) is 21.7 Å². The molecule has 0 aliphatic rings. The predicted molar refractivity (Wildman–Crippen MR) is 107 cm³/mol. The maximum absolute atomic E-state index is 12.2. The maximum atomic E-state index is 12.2. The van der Waals surface area contributed by atoms with E-state index in [1.165, 1.54) is 11.3 Å². The molecule has 0 aliphatic heterocycles. The van der Waals surface area contributed by atoms with E-state index in [0.29, 0.717) is 15.7 Å². The number of amides is 2. The second-order valence-electron chi connectivity index (χ2n) is 5.57. The first-order valence-electron chi connectivity index (χ1n) is 7.94. The van der Waals surface area contributed by atoms with Gasteiger partial charge in [0.2, 0.25) is 4.96 Å². The maximum Gasteiger partial charge on any atom is 0.326 e. The van der Waals surface area contributed by atoms with E-state index in [-0.39, 0.29) is 5.95 Å². The van der Waals surface area contributed by atoms with Gasteiger partial charge in [-0.1, -0.05) is 29.8 Å². The van der Waals surface area contributed by atoms with E-state index in [4.69, 9.17) is 16.3 Å². The standard InChI is InChI=1S/C18H14ClN5O2S/c1-26-14-7-2-4-11(8-14)15-10-27-18-22-16(23-24(15)18)21-17(25)20-13-6-3-5-12(19)9-13/h2-10H,1H3,(H2,20,21,23,25). The number of nitrogens with zero attached hydrogens (tertiary/aromatic N) is 3. The van der Waals surface area contributed by atoms with Gasteiger partial charge in [0.25, 0.3) is 5.95 Å². The van der Waals surface area contributed by atoms with Crippen LogP contribution in [-0.4, -0.2) is 27.7 Å². The van der Waals surface area contributed by atoms with Crippen molar-refractivity contribution in [3.63, 3.8) is 0 Å². The van der Waals surface area contributed by atoms with Crippen LogP contribution < -0.4 is 15.4 Å². The summed E-state index contributed by atoms with van der Waals surface area (Å²) >= 11 is 7.35. The van der Waals surface area contributed by atoms with Crippen LogP contribution in [0.3, 0.4) is 0 Å². The lowest BCUT2D eigenvalue weighted by atomic mass is 10.2. The van der Waals surface area contributed by atoms with Crippen molar-refractivity contribution in [1.29, 1.82) is 0 Å². The van der Waals surface area contributed by atoms with E-state index in [9.17, 15) is 4.79 Å². The number of aromatic nitrogens is 3. The molecule has 4 aromatic rings. The van der Waals surface area contributed by atoms with Crippen LogP contribution in [0.25, 0.3) is 16.2 Å². The first kappa shape index (κ1) is 17.3. The van der Waals surface area contributed by atoms with Crippen LogP contribution in [0.15, 0.2) is 53.9 Å². The van der Waals surface area contributed by atoms with E-state index >= 15 is 0 Å². The van der Waals surface area contributed by atoms with Gasteiger partial charge in [-0.25, -0.2) is 9.31 Å². The second-order valence-corrected chi connectivity index (χ2v) is 6.85. The Bertz CT molecular complexity index is 1120. The lowest BCUT2D eigenvalue weighted by Gasteiger charge is -2.05. The highest BCUT2D eigenvalue weighted by Crippen LogP contribution is 2.28. The summed E-state index contributed by atoms with van der Waals surface area (Å²) in [6, 6.07) is 14.1. The predicted octanol–water partition coefficient (Wildman–Crippen LogP) is 4.76. The van der Waals surface area contributed by atoms with Gasteiger partial charge >= 0.3 is 6.03 Å². The highest BCUT2D eigenvalue weighted by atomic mass is 35.5. The van der Waals surface area contributed by atoms with Gasteiger partial charge in [0.15, 0.2) is 0 Å². The number of rotatable bonds is 4. The molecule has 2 aromatic carbocycles. The normalized spacial score (nSPS) is 10.7. The van der Waals surface area contributed by atoms with Crippen LogP contribution >= 0.6 is 22.9 Å². The largest absolute Gasteiger partial charge is 0.497 e. The molecule has 0 radical (unpaired) electrons. The monoisotopic (exact) mass is 399 g/mol. The average Bonchev–Trinajstić information content (AvgIpc) is 3.21. The molecule has 0 spiro atoms. The van der Waals surface area contributed by atoms with Gasteiger partial charge in [0.1, 0.15) is 5.75 Å². The van der Waals surface area contributed by atoms with Crippen LogP contribution in [0.2, 0.25) is 5.02 Å². The highest BCUT2D eigenvalue weighted by Gasteiger charge is 2.14. The Labute approximate surface area is 163 Å². The molecule has 9 heteroatoms. The van der Waals surface area contributed by atoms with E-state index in [2.05, 4.69) is 20.7 Å². The number of urea groups is 1. The molecule has 0 fully saturated rings. The summed E-state index contributed by atoms with van der Waals surface area (Å²) in [6.45, 7) is 0. The Morgan fingerprint density at radius 2 is 2.04 bits per heavy atom. The summed E-state index contributed by atoms with van der Waals surface area (Å²) in [5, 5.41) is 12.2. The molecule has 2 aromatic heterocycles. The number of carbonyl (C=O) groups is 1. The third-order valence-corrected chi connectivity index (χ3v) is 4.81. The van der Waals surface area contributed by atoms with Gasteiger partial charge in [-0.2, -0.15) is 4.98 Å². The highest BCUT2D eigenvalue weighted by molar-refractivity contribution is 7.15. The van der Waals surface area contributed by atoms with Crippen molar-refractivity contribution in [2.75, 3.05) is 17.7 Å². The van der Waals surface area contributed by atoms with Crippen LogP contribution in [0.5, 0.6) is 5.75 Å². The van der Waals surface area contributed by atoms with E-state index in [0.717, 1.165) is 17.0 Å². The second kappa shape index (κ2) is 7.26. The van der Waals surface area contributed by atoms with Crippen molar-refractivity contribution in [1.82, 2.24) is 14.6 Å². The number of hydrogen-bond acceptors (Lipinski definition) is 5. The fraction of sp³-hybridized carbons (Fsp3) is 0.0556. The molecule has 0 aliphatic carbocycles. The van der Waals surface area contributed by atoms with Crippen molar-refractivity contribution in [3.05, 3.63) is 58.9 Å². The number of ether oxygens (including phenoxy) is 1. The Hall–Kier alpha value is -3.10. The summed E-state index contributed by atoms with van der Waals surface area (Å²) in [6.07, 6.45) is 0. The summed E-state index contributed by atoms with van der Waals surface area (Å²) in [7, 11) is 1.62. The Morgan fingerprint density at radius 1 is 1.19 bits per heavy atom. The van der Waals surface area contributed by atoms with Crippen molar-refractivity contribution >= 4 is 45.6 Å². The molecule has 0 saturated heterocycles. The SMILES string of the molecule is COc1cccc(-c2csc3nc(NC(=O)Nc4cccc(Cl)c4)nn23)c1. The molecule has 4 rings (SSSR count). The molecule has 2 amide bonds. The van der Waals surface area contributed by atoms with Crippen molar-refractivity contribution in [2.24, 2.45) is 0 Å². The number of anilines is 2. The number of halogens is 1. The summed E-state index contributed by atoms with van der Waals surface area (Å²) in [5.74, 6) is 0.969. The molecule has 2 N–H and O–H groups in total. The van der Waals surface area contributed by atoms with Crippen LogP contribution in [0.4, 0.5) is 16.4 Å². The smallest absolute Gasteiger partial charge is 0.326 e. The number of fused-ring (bicyclic) bond motifs is 1. The number of thiazole rings is 1. The number of methoxy groups -OCH3 is 1. The zero-order valence-electron chi connectivity index (χ0n) is 14.1. The van der Waals surface area contributed by atoms with Crippen LogP contribution in [-0.2, 0) is 0 Å². The molecule has 0 atom stereocenters. The van der Waals surface area contributed by atoms with Gasteiger partial charge in [-0.05, 0) is 30.3 Å². The van der Waals surface area contributed by atoms with Gasteiger partial charge in [-0.3, -0.25) is 5.32 Å². The van der Waals surface area contributed by atoms with Crippen molar-refractivity contribution < 1.29 is 9.53 Å². The van der Waals surface area contributed by atoms with E-state index < -0.39 is 6.03 Å². The molecule has 0 unspecified atom stereocenters. The molecule has 2 heterocycles. The third kappa shape index (κ3) is 3.71. The molecule has 27 heavy (non-hydrogen) atoms. The topological polar surface area (TPSA) is 80.5 Å². The minimum absolute atomic E-state index is 0.213. The Balaban J connectivity index is 1.55. The molecule has 0 bridgehead atoms. The summed E-state index contributed by atoms with van der Waals surface area (Å²) in [4.78, 5) is 17.2. The minimum atomic E-state index is -0.446. The number of hydrogen-bond donors (Lipinski definition) is 2. The Morgan fingerprint density at radius 3 is 2.85 bits per heavy atom. The van der Waals surface area contributed by atoms with E-state index in [1.54, 1.807) is 35.9 Å². The van der Waals surface area contributed by atoms with E-state index in [1.807, 2.05) is 29.6 Å². The fourth-order valence-electron chi connectivity index (χ4n) is 2.55. The molecule has 7 nitrogen and oxygen atoms in total.